The fourth-order valence-electron chi connectivity index (χ4n) is 2.79. The summed E-state index contributed by atoms with van der Waals surface area (Å²) in [6.07, 6.45) is 1.40. The Morgan fingerprint density at radius 3 is 2.92 bits per heavy atom. The van der Waals surface area contributed by atoms with Gasteiger partial charge in [0, 0.05) is 35.8 Å². The van der Waals surface area contributed by atoms with Crippen molar-refractivity contribution in [3.63, 3.8) is 0 Å². The zero-order valence-electron chi connectivity index (χ0n) is 13.6. The van der Waals surface area contributed by atoms with Gasteiger partial charge in [-0.25, -0.2) is 4.98 Å². The van der Waals surface area contributed by atoms with E-state index in [9.17, 15) is 14.9 Å². The number of carbonyl (C=O) groups excluding carboxylic acids is 1. The molecule has 2 aromatic rings. The second-order valence-corrected chi connectivity index (χ2v) is 5.52. The van der Waals surface area contributed by atoms with Crippen molar-refractivity contribution in [1.29, 1.82) is 0 Å². The average Bonchev–Trinajstić information content (AvgIpc) is 2.99. The van der Waals surface area contributed by atoms with Crippen LogP contribution in [-0.4, -0.2) is 29.0 Å². The van der Waals surface area contributed by atoms with Gasteiger partial charge in [0.2, 0.25) is 5.88 Å². The predicted octanol–water partition coefficient (Wildman–Crippen LogP) is 3.24. The van der Waals surface area contributed by atoms with Gasteiger partial charge in [-0.3, -0.25) is 14.9 Å². The molecule has 0 fully saturated rings. The standard InChI is InChI=1S/C17H17N3O5/c1-2-24-16(21)8-11-9-18-13-4-3-5-14(17(11)13)25-15-7-6-12(10-19-15)20(22)23/h3-7,10-11,18H,2,8-9H2,1H3. The van der Waals surface area contributed by atoms with Gasteiger partial charge in [0.1, 0.15) is 11.9 Å². The van der Waals surface area contributed by atoms with Crippen LogP contribution in [0.15, 0.2) is 36.5 Å². The molecule has 0 spiro atoms. The van der Waals surface area contributed by atoms with Crippen LogP contribution in [0.2, 0.25) is 0 Å². The first-order chi connectivity index (χ1) is 12.1. The smallest absolute Gasteiger partial charge is 0.306 e. The lowest BCUT2D eigenvalue weighted by Crippen LogP contribution is -2.12. The number of anilines is 1. The lowest BCUT2D eigenvalue weighted by atomic mass is 9.97. The zero-order chi connectivity index (χ0) is 17.8. The molecule has 25 heavy (non-hydrogen) atoms. The van der Waals surface area contributed by atoms with Gasteiger partial charge in [-0.1, -0.05) is 6.07 Å². The summed E-state index contributed by atoms with van der Waals surface area (Å²) in [6, 6.07) is 8.31. The number of nitrogens with one attached hydrogen (secondary N) is 1. The molecule has 3 rings (SSSR count). The number of esters is 1. The Morgan fingerprint density at radius 1 is 1.40 bits per heavy atom. The van der Waals surface area contributed by atoms with Gasteiger partial charge in [0.25, 0.3) is 5.69 Å². The number of benzene rings is 1. The highest BCUT2D eigenvalue weighted by Gasteiger charge is 2.29. The number of hydrogen-bond donors (Lipinski definition) is 1. The van der Waals surface area contributed by atoms with Crippen LogP contribution >= 0.6 is 0 Å². The van der Waals surface area contributed by atoms with Crippen molar-refractivity contribution in [2.45, 2.75) is 19.3 Å². The molecule has 0 saturated carbocycles. The van der Waals surface area contributed by atoms with Gasteiger partial charge >= 0.3 is 5.97 Å². The number of carbonyl (C=O) groups is 1. The summed E-state index contributed by atoms with van der Waals surface area (Å²) in [5.41, 5.74) is 1.68. The largest absolute Gasteiger partial charge is 0.466 e. The number of pyridine rings is 1. The molecule has 0 aliphatic carbocycles. The Hall–Kier alpha value is -3.16. The highest BCUT2D eigenvalue weighted by Crippen LogP contribution is 2.41. The van der Waals surface area contributed by atoms with Crippen LogP contribution in [0.5, 0.6) is 11.6 Å². The van der Waals surface area contributed by atoms with Crippen LogP contribution in [0.4, 0.5) is 11.4 Å². The van der Waals surface area contributed by atoms with Gasteiger partial charge in [-0.15, -0.1) is 0 Å². The van der Waals surface area contributed by atoms with Crippen molar-refractivity contribution in [2.75, 3.05) is 18.5 Å². The molecular weight excluding hydrogens is 326 g/mol. The van der Waals surface area contributed by atoms with E-state index in [0.29, 0.717) is 18.9 Å². The fourth-order valence-corrected chi connectivity index (χ4v) is 2.79. The molecule has 1 aliphatic heterocycles. The van der Waals surface area contributed by atoms with Crippen LogP contribution in [0.1, 0.15) is 24.8 Å². The first-order valence-electron chi connectivity index (χ1n) is 7.89. The van der Waals surface area contributed by atoms with Crippen LogP contribution in [0.3, 0.4) is 0 Å². The number of nitrogens with zero attached hydrogens (tertiary/aromatic N) is 2. The van der Waals surface area contributed by atoms with E-state index in [0.717, 1.165) is 17.4 Å². The molecule has 1 aromatic heterocycles. The highest BCUT2D eigenvalue weighted by molar-refractivity contribution is 5.74. The summed E-state index contributed by atoms with van der Waals surface area (Å²) in [7, 11) is 0. The summed E-state index contributed by atoms with van der Waals surface area (Å²) in [6.45, 7) is 2.73. The lowest BCUT2D eigenvalue weighted by molar-refractivity contribution is -0.385. The molecule has 8 nitrogen and oxygen atoms in total. The minimum atomic E-state index is -0.518. The summed E-state index contributed by atoms with van der Waals surface area (Å²) in [4.78, 5) is 26.0. The van der Waals surface area contributed by atoms with Gasteiger partial charge in [-0.05, 0) is 19.1 Å². The first-order valence-corrected chi connectivity index (χ1v) is 7.89. The molecule has 8 heteroatoms. The minimum Gasteiger partial charge on any atom is -0.466 e. The number of hydrogen-bond acceptors (Lipinski definition) is 7. The van der Waals surface area contributed by atoms with E-state index in [2.05, 4.69) is 10.3 Å². The summed E-state index contributed by atoms with van der Waals surface area (Å²) >= 11 is 0. The molecule has 2 heterocycles. The minimum absolute atomic E-state index is 0.0664. The van der Waals surface area contributed by atoms with E-state index >= 15 is 0 Å². The van der Waals surface area contributed by atoms with Crippen molar-refractivity contribution in [1.82, 2.24) is 4.98 Å². The fraction of sp³-hybridized carbons (Fsp3) is 0.294. The molecule has 0 bridgehead atoms. The van der Waals surface area contributed by atoms with Crippen LogP contribution in [-0.2, 0) is 9.53 Å². The van der Waals surface area contributed by atoms with Gasteiger partial charge in [0.05, 0.1) is 18.0 Å². The molecule has 1 unspecified atom stereocenters. The number of rotatable bonds is 6. The lowest BCUT2D eigenvalue weighted by Gasteiger charge is -2.14. The van der Waals surface area contributed by atoms with Crippen molar-refractivity contribution >= 4 is 17.3 Å². The van der Waals surface area contributed by atoms with Crippen molar-refractivity contribution < 1.29 is 19.2 Å². The SMILES string of the molecule is CCOC(=O)CC1CNc2cccc(Oc3ccc([N+](=O)[O-])cn3)c21. The topological polar surface area (TPSA) is 104 Å². The molecule has 130 valence electrons. The maximum atomic E-state index is 11.8. The van der Waals surface area contributed by atoms with E-state index in [4.69, 9.17) is 9.47 Å². The Balaban J connectivity index is 1.82. The van der Waals surface area contributed by atoms with Crippen LogP contribution < -0.4 is 10.1 Å². The maximum Gasteiger partial charge on any atom is 0.306 e. The second kappa shape index (κ2) is 7.16. The Kier molecular flexibility index (Phi) is 4.78. The normalized spacial score (nSPS) is 15.2. The molecule has 0 amide bonds. The monoisotopic (exact) mass is 343 g/mol. The third-order valence-corrected chi connectivity index (χ3v) is 3.88. The quantitative estimate of drug-likeness (QED) is 0.488. The van der Waals surface area contributed by atoms with Gasteiger partial charge < -0.3 is 14.8 Å². The van der Waals surface area contributed by atoms with Crippen molar-refractivity contribution in [3.05, 3.63) is 52.2 Å². The molecule has 0 radical (unpaired) electrons. The summed E-state index contributed by atoms with van der Waals surface area (Å²) < 4.78 is 10.8. The molecular formula is C17H17N3O5. The second-order valence-electron chi connectivity index (χ2n) is 5.52. The molecule has 1 aromatic carbocycles. The third-order valence-electron chi connectivity index (χ3n) is 3.88. The van der Waals surface area contributed by atoms with E-state index in [1.165, 1.54) is 12.1 Å². The van der Waals surface area contributed by atoms with Gasteiger partial charge in [0.15, 0.2) is 0 Å². The Labute approximate surface area is 143 Å². The van der Waals surface area contributed by atoms with Gasteiger partial charge in [-0.2, -0.15) is 0 Å². The molecule has 1 aliphatic rings. The number of nitro groups is 1. The summed E-state index contributed by atoms with van der Waals surface area (Å²) in [5.74, 6) is 0.493. The Bertz CT molecular complexity index is 791. The van der Waals surface area contributed by atoms with E-state index in [1.807, 2.05) is 12.1 Å². The molecule has 0 saturated heterocycles. The zero-order valence-corrected chi connectivity index (χ0v) is 13.6. The van der Waals surface area contributed by atoms with Crippen LogP contribution in [0.25, 0.3) is 0 Å². The third kappa shape index (κ3) is 3.68. The number of aromatic nitrogens is 1. The average molecular weight is 343 g/mol. The van der Waals surface area contributed by atoms with Crippen molar-refractivity contribution in [3.8, 4) is 11.6 Å². The predicted molar refractivity (Wildman–Crippen MR) is 89.9 cm³/mol. The number of fused-ring (bicyclic) bond motifs is 1. The molecule has 1 atom stereocenters. The van der Waals surface area contributed by atoms with Crippen molar-refractivity contribution in [2.24, 2.45) is 0 Å². The van der Waals surface area contributed by atoms with E-state index in [1.54, 1.807) is 13.0 Å². The highest BCUT2D eigenvalue weighted by atomic mass is 16.6. The van der Waals surface area contributed by atoms with E-state index in [-0.39, 0.29) is 29.9 Å². The Morgan fingerprint density at radius 2 is 2.24 bits per heavy atom. The number of ether oxygens (including phenoxy) is 2. The maximum absolute atomic E-state index is 11.8. The van der Waals surface area contributed by atoms with E-state index < -0.39 is 4.92 Å². The summed E-state index contributed by atoms with van der Waals surface area (Å²) in [5, 5.41) is 13.9. The first kappa shape index (κ1) is 16.7. The van der Waals surface area contributed by atoms with Crippen LogP contribution in [0, 0.1) is 10.1 Å². The molecule has 1 N–H and O–H groups in total.